The molecule has 0 aliphatic heterocycles. The molecule has 98 valence electrons. The van der Waals surface area contributed by atoms with E-state index in [0.29, 0.717) is 5.56 Å². The Bertz CT molecular complexity index is 421. The minimum atomic E-state index is -0.421. The third kappa shape index (κ3) is 2.89. The zero-order chi connectivity index (χ0) is 13.0. The van der Waals surface area contributed by atoms with Gasteiger partial charge < -0.3 is 4.74 Å². The monoisotopic (exact) mass is 250 g/mol. The third-order valence-corrected chi connectivity index (χ3v) is 3.66. The first-order chi connectivity index (χ1) is 8.72. The highest BCUT2D eigenvalue weighted by Crippen LogP contribution is 2.27. The lowest BCUT2D eigenvalue weighted by Gasteiger charge is -2.13. The number of carbonyl (C=O) groups is 1. The maximum Gasteiger partial charge on any atom is 0.166 e. The van der Waals surface area contributed by atoms with Crippen LogP contribution in [0.1, 0.15) is 48.9 Å². The molecule has 1 saturated carbocycles. The minimum absolute atomic E-state index is 0.0997. The lowest BCUT2D eigenvalue weighted by atomic mass is 9.91. The summed E-state index contributed by atoms with van der Waals surface area (Å²) in [5, 5.41) is 0. The van der Waals surface area contributed by atoms with E-state index in [9.17, 15) is 9.18 Å². The second-order valence-corrected chi connectivity index (χ2v) is 4.90. The molecule has 18 heavy (non-hydrogen) atoms. The van der Waals surface area contributed by atoms with Gasteiger partial charge in [0.2, 0.25) is 0 Å². The van der Waals surface area contributed by atoms with Gasteiger partial charge in [0, 0.05) is 11.5 Å². The van der Waals surface area contributed by atoms with Gasteiger partial charge in [-0.25, -0.2) is 4.39 Å². The van der Waals surface area contributed by atoms with Gasteiger partial charge in [-0.3, -0.25) is 4.79 Å². The van der Waals surface area contributed by atoms with Gasteiger partial charge in [0.05, 0.1) is 7.11 Å². The first kappa shape index (κ1) is 13.1. The maximum absolute atomic E-state index is 13.3. The van der Waals surface area contributed by atoms with Crippen LogP contribution in [0.3, 0.4) is 0 Å². The Hall–Kier alpha value is -1.38. The SMILES string of the molecule is COc1cc(C(=O)C2CCCCCC2)ccc1F. The molecule has 0 amide bonds. The molecular formula is C15H19FO2. The molecule has 2 nitrogen and oxygen atoms in total. The largest absolute Gasteiger partial charge is 0.494 e. The topological polar surface area (TPSA) is 26.3 Å². The summed E-state index contributed by atoms with van der Waals surface area (Å²) in [4.78, 5) is 12.4. The van der Waals surface area contributed by atoms with Crippen molar-refractivity contribution < 1.29 is 13.9 Å². The molecule has 0 unspecified atom stereocenters. The number of halogens is 1. The molecule has 0 atom stereocenters. The molecular weight excluding hydrogens is 231 g/mol. The normalized spacial score (nSPS) is 17.2. The van der Waals surface area contributed by atoms with E-state index in [1.807, 2.05) is 0 Å². The second-order valence-electron chi connectivity index (χ2n) is 4.90. The van der Waals surface area contributed by atoms with E-state index in [4.69, 9.17) is 4.74 Å². The van der Waals surface area contributed by atoms with Crippen LogP contribution in [0.5, 0.6) is 5.75 Å². The van der Waals surface area contributed by atoms with E-state index in [1.165, 1.54) is 32.1 Å². The van der Waals surface area contributed by atoms with Crippen molar-refractivity contribution in [2.45, 2.75) is 38.5 Å². The van der Waals surface area contributed by atoms with Crippen LogP contribution in [0.2, 0.25) is 0 Å². The molecule has 0 bridgehead atoms. The van der Waals surface area contributed by atoms with E-state index in [-0.39, 0.29) is 17.5 Å². The van der Waals surface area contributed by atoms with E-state index < -0.39 is 5.82 Å². The number of rotatable bonds is 3. The molecule has 0 aromatic heterocycles. The van der Waals surface area contributed by atoms with Crippen LogP contribution >= 0.6 is 0 Å². The number of Topliss-reactive ketones (excluding diaryl/α,β-unsaturated/α-hetero) is 1. The van der Waals surface area contributed by atoms with Crippen LogP contribution in [0.25, 0.3) is 0 Å². The van der Waals surface area contributed by atoms with Crippen LogP contribution in [-0.2, 0) is 0 Å². The summed E-state index contributed by atoms with van der Waals surface area (Å²) >= 11 is 0. The second kappa shape index (κ2) is 5.98. The van der Waals surface area contributed by atoms with Crippen molar-refractivity contribution in [1.29, 1.82) is 0 Å². The Morgan fingerprint density at radius 1 is 1.22 bits per heavy atom. The van der Waals surface area contributed by atoms with Gasteiger partial charge in [-0.15, -0.1) is 0 Å². The Morgan fingerprint density at radius 3 is 2.50 bits per heavy atom. The highest BCUT2D eigenvalue weighted by Gasteiger charge is 2.22. The van der Waals surface area contributed by atoms with Crippen molar-refractivity contribution in [3.8, 4) is 5.75 Å². The van der Waals surface area contributed by atoms with Crippen LogP contribution in [-0.4, -0.2) is 12.9 Å². The zero-order valence-electron chi connectivity index (χ0n) is 10.7. The molecule has 2 rings (SSSR count). The van der Waals surface area contributed by atoms with Gasteiger partial charge in [0.25, 0.3) is 0 Å². The van der Waals surface area contributed by atoms with Crippen molar-refractivity contribution in [1.82, 2.24) is 0 Å². The van der Waals surface area contributed by atoms with Gasteiger partial charge in [-0.05, 0) is 31.0 Å². The summed E-state index contributed by atoms with van der Waals surface area (Å²) < 4.78 is 18.2. The van der Waals surface area contributed by atoms with Crippen molar-refractivity contribution in [3.63, 3.8) is 0 Å². The fourth-order valence-electron chi connectivity index (χ4n) is 2.59. The molecule has 1 fully saturated rings. The van der Waals surface area contributed by atoms with Gasteiger partial charge in [0.15, 0.2) is 17.3 Å². The van der Waals surface area contributed by atoms with Crippen molar-refractivity contribution in [3.05, 3.63) is 29.6 Å². The average Bonchev–Trinajstić information content (AvgIpc) is 2.67. The molecule has 1 aliphatic carbocycles. The molecule has 1 aromatic rings. The van der Waals surface area contributed by atoms with Crippen LogP contribution < -0.4 is 4.74 Å². The van der Waals surface area contributed by atoms with Gasteiger partial charge >= 0.3 is 0 Å². The number of benzene rings is 1. The van der Waals surface area contributed by atoms with Gasteiger partial charge in [-0.2, -0.15) is 0 Å². The molecule has 0 spiro atoms. The van der Waals surface area contributed by atoms with Crippen LogP contribution in [0, 0.1) is 11.7 Å². The first-order valence-corrected chi connectivity index (χ1v) is 6.60. The summed E-state index contributed by atoms with van der Waals surface area (Å²) in [7, 11) is 1.41. The Kier molecular flexibility index (Phi) is 4.34. The Labute approximate surface area is 107 Å². The highest BCUT2D eigenvalue weighted by atomic mass is 19.1. The summed E-state index contributed by atoms with van der Waals surface area (Å²) in [6, 6.07) is 4.39. The molecule has 0 saturated heterocycles. The maximum atomic E-state index is 13.3. The van der Waals surface area contributed by atoms with E-state index >= 15 is 0 Å². The number of methoxy groups -OCH3 is 1. The molecule has 0 N–H and O–H groups in total. The van der Waals surface area contributed by atoms with E-state index in [1.54, 1.807) is 6.07 Å². The smallest absolute Gasteiger partial charge is 0.166 e. The minimum Gasteiger partial charge on any atom is -0.494 e. The summed E-state index contributed by atoms with van der Waals surface area (Å²) in [6.45, 7) is 0. The molecule has 1 aromatic carbocycles. The van der Waals surface area contributed by atoms with Crippen LogP contribution in [0.4, 0.5) is 4.39 Å². The Morgan fingerprint density at radius 2 is 1.89 bits per heavy atom. The van der Waals surface area contributed by atoms with Gasteiger partial charge in [-0.1, -0.05) is 25.7 Å². The summed E-state index contributed by atoms with van der Waals surface area (Å²) in [5.74, 6) is -0.0396. The standard InChI is InChI=1S/C15H19FO2/c1-18-14-10-12(8-9-13(14)16)15(17)11-6-4-2-3-5-7-11/h8-11H,2-7H2,1H3. The highest BCUT2D eigenvalue weighted by molar-refractivity contribution is 5.98. The first-order valence-electron chi connectivity index (χ1n) is 6.60. The predicted molar refractivity (Wildman–Crippen MR) is 68.5 cm³/mol. The van der Waals surface area contributed by atoms with Crippen molar-refractivity contribution >= 4 is 5.78 Å². The van der Waals surface area contributed by atoms with E-state index in [0.717, 1.165) is 25.7 Å². The lowest BCUT2D eigenvalue weighted by Crippen LogP contribution is -2.14. The van der Waals surface area contributed by atoms with E-state index in [2.05, 4.69) is 0 Å². The van der Waals surface area contributed by atoms with Crippen LogP contribution in [0.15, 0.2) is 18.2 Å². The molecule has 1 aliphatic rings. The number of hydrogen-bond donors (Lipinski definition) is 0. The quantitative estimate of drug-likeness (QED) is 0.599. The van der Waals surface area contributed by atoms with Gasteiger partial charge in [0.1, 0.15) is 0 Å². The number of ether oxygens (including phenoxy) is 1. The molecule has 0 heterocycles. The van der Waals surface area contributed by atoms with Crippen molar-refractivity contribution in [2.75, 3.05) is 7.11 Å². The number of carbonyl (C=O) groups excluding carboxylic acids is 1. The summed E-state index contributed by atoms with van der Waals surface area (Å²) in [6.07, 6.45) is 6.59. The molecule has 0 radical (unpaired) electrons. The molecule has 3 heteroatoms. The fourth-order valence-corrected chi connectivity index (χ4v) is 2.59. The summed E-state index contributed by atoms with van der Waals surface area (Å²) in [5.41, 5.74) is 0.570. The zero-order valence-corrected chi connectivity index (χ0v) is 10.7. The van der Waals surface area contributed by atoms with Crippen molar-refractivity contribution in [2.24, 2.45) is 5.92 Å². The number of hydrogen-bond acceptors (Lipinski definition) is 2. The fraction of sp³-hybridized carbons (Fsp3) is 0.533. The number of ketones is 1. The lowest BCUT2D eigenvalue weighted by molar-refractivity contribution is 0.0907. The average molecular weight is 250 g/mol. The third-order valence-electron chi connectivity index (χ3n) is 3.66. The predicted octanol–water partition coefficient (Wildman–Crippen LogP) is 3.99. The Balaban J connectivity index is 2.16.